The van der Waals surface area contributed by atoms with Crippen molar-refractivity contribution >= 4 is 11.8 Å². The van der Waals surface area contributed by atoms with E-state index >= 15 is 0 Å². The molecule has 0 saturated carbocycles. The molecule has 0 aliphatic rings. The third kappa shape index (κ3) is 5.52. The fourth-order valence-electron chi connectivity index (χ4n) is 3.33. The minimum absolute atomic E-state index is 0.0577. The smallest absolute Gasteiger partial charge is 0.335 e. The molecule has 6 nitrogen and oxygen atoms in total. The first kappa shape index (κ1) is 23.0. The number of pyridine rings is 1. The molecule has 32 heavy (non-hydrogen) atoms. The number of carboxylic acid groups (broad SMARTS) is 1. The molecule has 0 spiro atoms. The predicted molar refractivity (Wildman–Crippen MR) is 122 cm³/mol. The van der Waals surface area contributed by atoms with Crippen molar-refractivity contribution in [3.8, 4) is 22.8 Å². The molecule has 0 amide bonds. The molecule has 0 radical (unpaired) electrons. The standard InChI is InChI=1S/C26H27NO5/c1-16-23(9-8-20(24(16)29)22(28)14-26(2,3)4)32-15-17-10-11-27-21(12-17)18-6-5-7-19(13-18)25(30)31/h5-13,29H,14-15H2,1-4H3,(H,30,31). The van der Waals surface area contributed by atoms with Crippen molar-refractivity contribution in [2.45, 2.75) is 40.7 Å². The Morgan fingerprint density at radius 1 is 1.06 bits per heavy atom. The number of ketones is 1. The third-order valence-electron chi connectivity index (χ3n) is 5.00. The number of ether oxygens (including phenoxy) is 1. The van der Waals surface area contributed by atoms with Gasteiger partial charge in [-0.1, -0.05) is 32.9 Å². The Bertz CT molecular complexity index is 1160. The van der Waals surface area contributed by atoms with Gasteiger partial charge in [0.05, 0.1) is 16.8 Å². The van der Waals surface area contributed by atoms with Crippen LogP contribution in [0.25, 0.3) is 11.3 Å². The minimum Gasteiger partial charge on any atom is -0.507 e. The number of phenols is 1. The average molecular weight is 434 g/mol. The Labute approximate surface area is 187 Å². The number of benzene rings is 2. The van der Waals surface area contributed by atoms with Crippen LogP contribution in [0.15, 0.2) is 54.7 Å². The second-order valence-electron chi connectivity index (χ2n) is 8.97. The second kappa shape index (κ2) is 9.22. The molecule has 0 atom stereocenters. The van der Waals surface area contributed by atoms with E-state index in [-0.39, 0.29) is 29.1 Å². The van der Waals surface area contributed by atoms with Gasteiger partial charge in [0.15, 0.2) is 5.78 Å². The number of Topliss-reactive ketones (excluding diaryl/α,β-unsaturated/α-hetero) is 1. The zero-order chi connectivity index (χ0) is 23.5. The monoisotopic (exact) mass is 433 g/mol. The van der Waals surface area contributed by atoms with Crippen molar-refractivity contribution < 1.29 is 24.5 Å². The van der Waals surface area contributed by atoms with Crippen molar-refractivity contribution in [3.05, 3.63) is 77.0 Å². The summed E-state index contributed by atoms with van der Waals surface area (Å²) in [5.41, 5.74) is 3.00. The highest BCUT2D eigenvalue weighted by Crippen LogP contribution is 2.33. The second-order valence-corrected chi connectivity index (χ2v) is 8.97. The van der Waals surface area contributed by atoms with E-state index in [0.29, 0.717) is 34.6 Å². The Morgan fingerprint density at radius 2 is 1.81 bits per heavy atom. The lowest BCUT2D eigenvalue weighted by Gasteiger charge is -2.18. The van der Waals surface area contributed by atoms with Crippen molar-refractivity contribution in [1.82, 2.24) is 4.98 Å². The highest BCUT2D eigenvalue weighted by molar-refractivity contribution is 5.99. The minimum atomic E-state index is -0.994. The van der Waals surface area contributed by atoms with E-state index in [2.05, 4.69) is 4.98 Å². The van der Waals surface area contributed by atoms with Gasteiger partial charge in [-0.25, -0.2) is 4.79 Å². The number of phenolic OH excluding ortho intramolecular Hbond substituents is 1. The lowest BCUT2D eigenvalue weighted by atomic mass is 9.87. The zero-order valence-corrected chi connectivity index (χ0v) is 18.7. The van der Waals surface area contributed by atoms with Gasteiger partial charge >= 0.3 is 5.97 Å². The SMILES string of the molecule is Cc1c(OCc2ccnc(-c3cccc(C(=O)O)c3)c2)ccc(C(=O)CC(C)(C)C)c1O. The number of hydrogen-bond donors (Lipinski definition) is 2. The van der Waals surface area contributed by atoms with Crippen LogP contribution in [0.4, 0.5) is 0 Å². The molecule has 6 heteroatoms. The van der Waals surface area contributed by atoms with Crippen LogP contribution in [0.5, 0.6) is 11.5 Å². The molecule has 0 saturated heterocycles. The molecular formula is C26H27NO5. The molecular weight excluding hydrogens is 406 g/mol. The van der Waals surface area contributed by atoms with E-state index in [1.807, 2.05) is 26.8 Å². The van der Waals surface area contributed by atoms with Gasteiger partial charge in [-0.2, -0.15) is 0 Å². The molecule has 1 heterocycles. The number of rotatable bonds is 7. The van der Waals surface area contributed by atoms with Gasteiger partial charge in [-0.3, -0.25) is 9.78 Å². The Kier molecular flexibility index (Phi) is 6.63. The molecule has 0 fully saturated rings. The number of hydrogen-bond acceptors (Lipinski definition) is 5. The molecule has 2 aromatic carbocycles. The predicted octanol–water partition coefficient (Wildman–Crippen LogP) is 5.66. The fraction of sp³-hybridized carbons (Fsp3) is 0.269. The number of carbonyl (C=O) groups is 2. The number of nitrogens with zero attached hydrogens (tertiary/aromatic N) is 1. The summed E-state index contributed by atoms with van der Waals surface area (Å²) in [6, 6.07) is 13.5. The largest absolute Gasteiger partial charge is 0.507 e. The van der Waals surface area contributed by atoms with E-state index in [1.54, 1.807) is 49.5 Å². The molecule has 3 rings (SSSR count). The summed E-state index contributed by atoms with van der Waals surface area (Å²) in [6.45, 7) is 7.88. The fourth-order valence-corrected chi connectivity index (χ4v) is 3.33. The van der Waals surface area contributed by atoms with E-state index in [9.17, 15) is 19.8 Å². The molecule has 0 unspecified atom stereocenters. The summed E-state index contributed by atoms with van der Waals surface area (Å²) in [4.78, 5) is 28.1. The zero-order valence-electron chi connectivity index (χ0n) is 18.7. The summed E-state index contributed by atoms with van der Waals surface area (Å²) >= 11 is 0. The van der Waals surface area contributed by atoms with E-state index in [4.69, 9.17) is 4.74 Å². The van der Waals surface area contributed by atoms with Crippen molar-refractivity contribution in [2.24, 2.45) is 5.41 Å². The van der Waals surface area contributed by atoms with Crippen LogP contribution >= 0.6 is 0 Å². The van der Waals surface area contributed by atoms with E-state index in [1.165, 1.54) is 6.07 Å². The lowest BCUT2D eigenvalue weighted by Crippen LogP contribution is -2.13. The summed E-state index contributed by atoms with van der Waals surface area (Å²) in [5.74, 6) is -0.670. The Hall–Kier alpha value is -3.67. The third-order valence-corrected chi connectivity index (χ3v) is 5.00. The van der Waals surface area contributed by atoms with Crippen LogP contribution in [0.3, 0.4) is 0 Å². The topological polar surface area (TPSA) is 96.7 Å². The van der Waals surface area contributed by atoms with Crippen molar-refractivity contribution in [2.75, 3.05) is 0 Å². The molecule has 3 aromatic rings. The lowest BCUT2D eigenvalue weighted by molar-refractivity contribution is 0.0696. The maximum atomic E-state index is 12.5. The molecule has 0 aliphatic heterocycles. The van der Waals surface area contributed by atoms with Crippen LogP contribution in [0.1, 0.15) is 59.0 Å². The van der Waals surface area contributed by atoms with Gasteiger partial charge in [0.2, 0.25) is 0 Å². The number of aromatic hydroxyl groups is 1. The number of carboxylic acids is 1. The van der Waals surface area contributed by atoms with Gasteiger partial charge < -0.3 is 14.9 Å². The molecule has 1 aromatic heterocycles. The molecule has 166 valence electrons. The number of aromatic nitrogens is 1. The summed E-state index contributed by atoms with van der Waals surface area (Å²) in [7, 11) is 0. The highest BCUT2D eigenvalue weighted by atomic mass is 16.5. The quantitative estimate of drug-likeness (QED) is 0.467. The van der Waals surface area contributed by atoms with Gasteiger partial charge in [0, 0.05) is 23.7 Å². The summed E-state index contributed by atoms with van der Waals surface area (Å²) in [6.07, 6.45) is 1.98. The van der Waals surface area contributed by atoms with Gasteiger partial charge in [-0.15, -0.1) is 0 Å². The van der Waals surface area contributed by atoms with Crippen molar-refractivity contribution in [3.63, 3.8) is 0 Å². The Balaban J connectivity index is 1.77. The Morgan fingerprint density at radius 3 is 2.50 bits per heavy atom. The molecule has 0 bridgehead atoms. The number of carbonyl (C=O) groups excluding carboxylic acids is 1. The van der Waals surface area contributed by atoms with Crippen LogP contribution in [0.2, 0.25) is 0 Å². The van der Waals surface area contributed by atoms with Gasteiger partial charge in [-0.05, 0) is 54.3 Å². The van der Waals surface area contributed by atoms with E-state index in [0.717, 1.165) is 5.56 Å². The van der Waals surface area contributed by atoms with Crippen molar-refractivity contribution in [1.29, 1.82) is 0 Å². The van der Waals surface area contributed by atoms with Crippen LogP contribution < -0.4 is 4.74 Å². The van der Waals surface area contributed by atoms with Crippen LogP contribution in [-0.2, 0) is 6.61 Å². The van der Waals surface area contributed by atoms with Gasteiger partial charge in [0.1, 0.15) is 18.1 Å². The van der Waals surface area contributed by atoms with Crippen LogP contribution in [0, 0.1) is 12.3 Å². The van der Waals surface area contributed by atoms with Gasteiger partial charge in [0.25, 0.3) is 0 Å². The normalized spacial score (nSPS) is 11.2. The summed E-state index contributed by atoms with van der Waals surface area (Å²) < 4.78 is 5.90. The maximum absolute atomic E-state index is 12.5. The number of aromatic carboxylic acids is 1. The highest BCUT2D eigenvalue weighted by Gasteiger charge is 2.21. The van der Waals surface area contributed by atoms with Crippen LogP contribution in [-0.4, -0.2) is 26.9 Å². The first-order chi connectivity index (χ1) is 15.0. The summed E-state index contributed by atoms with van der Waals surface area (Å²) in [5, 5.41) is 19.7. The maximum Gasteiger partial charge on any atom is 0.335 e. The molecule has 0 aliphatic carbocycles. The average Bonchev–Trinajstić information content (AvgIpc) is 2.73. The first-order valence-corrected chi connectivity index (χ1v) is 10.3. The first-order valence-electron chi connectivity index (χ1n) is 10.3. The van der Waals surface area contributed by atoms with E-state index < -0.39 is 5.97 Å². The molecule has 2 N–H and O–H groups in total.